The minimum Gasteiger partial charge on any atom is -0.375 e. The van der Waals surface area contributed by atoms with Crippen LogP contribution in [0.1, 0.15) is 25.3 Å². The molecule has 0 amide bonds. The van der Waals surface area contributed by atoms with Gasteiger partial charge in [0.15, 0.2) is 0 Å². The van der Waals surface area contributed by atoms with Gasteiger partial charge >= 0.3 is 0 Å². The van der Waals surface area contributed by atoms with Crippen LogP contribution in [0.2, 0.25) is 0 Å². The molecule has 0 aliphatic carbocycles. The van der Waals surface area contributed by atoms with E-state index < -0.39 is 10.0 Å². The van der Waals surface area contributed by atoms with Gasteiger partial charge in [0.1, 0.15) is 0 Å². The van der Waals surface area contributed by atoms with Crippen molar-refractivity contribution in [3.63, 3.8) is 0 Å². The van der Waals surface area contributed by atoms with Crippen LogP contribution in [-0.4, -0.2) is 66.7 Å². The van der Waals surface area contributed by atoms with Gasteiger partial charge < -0.3 is 4.74 Å². The minimum atomic E-state index is -3.19. The molecule has 0 radical (unpaired) electrons. The molecule has 3 rings (SSSR count). The number of aromatic nitrogens is 1. The first-order chi connectivity index (χ1) is 11.0. The van der Waals surface area contributed by atoms with Gasteiger partial charge in [-0.3, -0.25) is 9.88 Å². The largest absolute Gasteiger partial charge is 0.375 e. The highest BCUT2D eigenvalue weighted by Crippen LogP contribution is 2.33. The van der Waals surface area contributed by atoms with Crippen LogP contribution in [0.5, 0.6) is 0 Å². The maximum Gasteiger partial charge on any atom is 0.214 e. The Morgan fingerprint density at radius 1 is 1.48 bits per heavy atom. The van der Waals surface area contributed by atoms with Crippen LogP contribution < -0.4 is 0 Å². The molecule has 0 N–H and O–H groups in total. The van der Waals surface area contributed by atoms with Crippen LogP contribution in [-0.2, 0) is 21.3 Å². The fourth-order valence-corrected chi connectivity index (χ4v) is 5.01. The van der Waals surface area contributed by atoms with Crippen LogP contribution in [0.25, 0.3) is 0 Å². The Labute approximate surface area is 138 Å². The molecule has 0 spiro atoms. The third-order valence-corrected chi connectivity index (χ3v) is 6.76. The first-order valence-electron chi connectivity index (χ1n) is 8.23. The summed E-state index contributed by atoms with van der Waals surface area (Å²) in [5.41, 5.74) is 1.12. The molecule has 3 atom stereocenters. The zero-order valence-corrected chi connectivity index (χ0v) is 14.6. The van der Waals surface area contributed by atoms with Crippen LogP contribution >= 0.6 is 0 Å². The number of rotatable bonds is 5. The molecule has 1 aromatic rings. The summed E-state index contributed by atoms with van der Waals surface area (Å²) in [6.07, 6.45) is 5.39. The Morgan fingerprint density at radius 3 is 3.00 bits per heavy atom. The summed E-state index contributed by atoms with van der Waals surface area (Å²) < 4.78 is 32.5. The normalized spacial score (nSPS) is 28.9. The van der Waals surface area contributed by atoms with Gasteiger partial charge in [0, 0.05) is 32.1 Å². The number of hydrogen-bond acceptors (Lipinski definition) is 5. The highest BCUT2D eigenvalue weighted by atomic mass is 32.2. The van der Waals surface area contributed by atoms with E-state index in [-0.39, 0.29) is 23.9 Å². The molecule has 0 aromatic carbocycles. The topological polar surface area (TPSA) is 62.7 Å². The van der Waals surface area contributed by atoms with E-state index in [0.717, 1.165) is 31.6 Å². The van der Waals surface area contributed by atoms with Gasteiger partial charge in [0.2, 0.25) is 10.0 Å². The van der Waals surface area contributed by atoms with Crippen molar-refractivity contribution in [2.24, 2.45) is 0 Å². The number of ether oxygens (including phenoxy) is 1. The Balaban J connectivity index is 1.78. The average molecular weight is 339 g/mol. The second-order valence-electron chi connectivity index (χ2n) is 6.36. The molecule has 2 saturated heterocycles. The summed E-state index contributed by atoms with van der Waals surface area (Å²) in [5.74, 6) is 0.148. The quantitative estimate of drug-likeness (QED) is 0.804. The van der Waals surface area contributed by atoms with Crippen LogP contribution in [0.4, 0.5) is 0 Å². The van der Waals surface area contributed by atoms with Crippen molar-refractivity contribution in [3.05, 3.63) is 30.1 Å². The van der Waals surface area contributed by atoms with E-state index in [9.17, 15) is 8.42 Å². The van der Waals surface area contributed by atoms with Crippen molar-refractivity contribution in [1.29, 1.82) is 0 Å². The van der Waals surface area contributed by atoms with Crippen molar-refractivity contribution in [1.82, 2.24) is 14.2 Å². The van der Waals surface area contributed by atoms with Crippen LogP contribution in [0.15, 0.2) is 24.5 Å². The lowest BCUT2D eigenvalue weighted by molar-refractivity contribution is -0.0317. The summed E-state index contributed by atoms with van der Waals surface area (Å²) in [7, 11) is -1.16. The van der Waals surface area contributed by atoms with E-state index in [1.54, 1.807) is 17.4 Å². The second-order valence-corrected chi connectivity index (χ2v) is 8.57. The third-order valence-electron chi connectivity index (χ3n) is 4.89. The Bertz CT molecular complexity index is 623. The van der Waals surface area contributed by atoms with Crippen LogP contribution in [0, 0.1) is 0 Å². The number of hydrogen-bond donors (Lipinski definition) is 0. The SMILES string of the molecule is CCS(=O)(=O)N1C[C@@H](N(C)Cc2cccnc2)[C@H]2OCCC[C@H]21. The molecule has 3 heterocycles. The molecule has 0 saturated carbocycles. The fourth-order valence-electron chi connectivity index (χ4n) is 3.66. The van der Waals surface area contributed by atoms with Crippen molar-refractivity contribution in [2.75, 3.05) is 26.0 Å². The third kappa shape index (κ3) is 3.42. The first-order valence-corrected chi connectivity index (χ1v) is 9.84. The molecule has 6 nitrogen and oxygen atoms in total. The average Bonchev–Trinajstić information content (AvgIpc) is 2.96. The fraction of sp³-hybridized carbons (Fsp3) is 0.688. The highest BCUT2D eigenvalue weighted by molar-refractivity contribution is 7.89. The lowest BCUT2D eigenvalue weighted by Crippen LogP contribution is -2.46. The number of likely N-dealkylation sites (N-methyl/N-ethyl adjacent to an activating group) is 1. The first kappa shape index (κ1) is 16.8. The second kappa shape index (κ2) is 6.84. The van der Waals surface area contributed by atoms with Gasteiger partial charge in [-0.05, 0) is 38.4 Å². The maximum absolute atomic E-state index is 12.4. The van der Waals surface area contributed by atoms with Crippen molar-refractivity contribution < 1.29 is 13.2 Å². The predicted molar refractivity (Wildman–Crippen MR) is 88.4 cm³/mol. The highest BCUT2D eigenvalue weighted by Gasteiger charge is 2.49. The standard InChI is InChI=1S/C16H25N3O3S/c1-3-23(20,21)19-12-15(16-14(19)7-5-9-22-16)18(2)11-13-6-4-8-17-10-13/h4,6,8,10,14-16H,3,5,7,9,11-12H2,1-2H3/t14-,15-,16+/m1/s1. The summed E-state index contributed by atoms with van der Waals surface area (Å²) in [6, 6.07) is 4.03. The van der Waals surface area contributed by atoms with E-state index in [1.807, 2.05) is 25.4 Å². The molecule has 128 valence electrons. The van der Waals surface area contributed by atoms with Crippen molar-refractivity contribution >= 4 is 10.0 Å². The molecule has 2 aliphatic heterocycles. The number of sulfonamides is 1. The van der Waals surface area contributed by atoms with E-state index >= 15 is 0 Å². The zero-order chi connectivity index (χ0) is 16.4. The number of pyridine rings is 1. The Hall–Kier alpha value is -1.02. The monoisotopic (exact) mass is 339 g/mol. The van der Waals surface area contributed by atoms with Gasteiger partial charge in [-0.15, -0.1) is 0 Å². The van der Waals surface area contributed by atoms with Gasteiger partial charge in [-0.2, -0.15) is 4.31 Å². The molecular formula is C16H25N3O3S. The maximum atomic E-state index is 12.4. The summed E-state index contributed by atoms with van der Waals surface area (Å²) in [5, 5.41) is 0. The summed E-state index contributed by atoms with van der Waals surface area (Å²) in [6.45, 7) is 3.69. The number of fused-ring (bicyclic) bond motifs is 1. The molecule has 2 aliphatic rings. The zero-order valence-electron chi connectivity index (χ0n) is 13.8. The van der Waals surface area contributed by atoms with E-state index in [2.05, 4.69) is 9.88 Å². The van der Waals surface area contributed by atoms with E-state index in [0.29, 0.717) is 6.54 Å². The van der Waals surface area contributed by atoms with Crippen molar-refractivity contribution in [2.45, 2.75) is 44.5 Å². The molecular weight excluding hydrogens is 314 g/mol. The molecule has 0 bridgehead atoms. The predicted octanol–water partition coefficient (Wildman–Crippen LogP) is 1.09. The van der Waals surface area contributed by atoms with E-state index in [4.69, 9.17) is 4.74 Å². The lowest BCUT2D eigenvalue weighted by Gasteiger charge is -2.34. The van der Waals surface area contributed by atoms with Gasteiger partial charge in [-0.25, -0.2) is 8.42 Å². The van der Waals surface area contributed by atoms with E-state index in [1.165, 1.54) is 0 Å². The molecule has 7 heteroatoms. The molecule has 0 unspecified atom stereocenters. The van der Waals surface area contributed by atoms with Crippen LogP contribution in [0.3, 0.4) is 0 Å². The molecule has 1 aromatic heterocycles. The Kier molecular flexibility index (Phi) is 5.01. The van der Waals surface area contributed by atoms with Gasteiger partial charge in [0.05, 0.1) is 23.9 Å². The summed E-state index contributed by atoms with van der Waals surface area (Å²) in [4.78, 5) is 6.35. The Morgan fingerprint density at radius 2 is 2.30 bits per heavy atom. The molecule has 2 fully saturated rings. The smallest absolute Gasteiger partial charge is 0.214 e. The lowest BCUT2D eigenvalue weighted by atomic mass is 10.0. The molecule has 23 heavy (non-hydrogen) atoms. The minimum absolute atomic E-state index is 0.0185. The van der Waals surface area contributed by atoms with Gasteiger partial charge in [0.25, 0.3) is 0 Å². The number of nitrogens with zero attached hydrogens (tertiary/aromatic N) is 3. The van der Waals surface area contributed by atoms with Gasteiger partial charge in [-0.1, -0.05) is 6.07 Å². The summed E-state index contributed by atoms with van der Waals surface area (Å²) >= 11 is 0. The van der Waals surface area contributed by atoms with Crippen molar-refractivity contribution in [3.8, 4) is 0 Å².